The second-order valence-corrected chi connectivity index (χ2v) is 17.0. The predicted octanol–water partition coefficient (Wildman–Crippen LogP) is 3.83. The summed E-state index contributed by atoms with van der Waals surface area (Å²) >= 11 is -2.17. The van der Waals surface area contributed by atoms with Gasteiger partial charge in [-0.1, -0.05) is 0 Å². The number of aliphatic hydroxyl groups is 1. The molecule has 2 heterocycles. The van der Waals surface area contributed by atoms with E-state index >= 15 is 0 Å². The van der Waals surface area contributed by atoms with E-state index in [-0.39, 0.29) is 5.91 Å². The molecule has 0 spiro atoms. The van der Waals surface area contributed by atoms with Gasteiger partial charge in [0.15, 0.2) is 0 Å². The van der Waals surface area contributed by atoms with E-state index in [0.717, 1.165) is 21.1 Å². The van der Waals surface area contributed by atoms with Crippen LogP contribution in [-0.2, 0) is 15.4 Å². The van der Waals surface area contributed by atoms with Gasteiger partial charge in [-0.3, -0.25) is 0 Å². The molecule has 1 saturated heterocycles. The zero-order valence-corrected chi connectivity index (χ0v) is 21.7. The van der Waals surface area contributed by atoms with Crippen LogP contribution in [0.4, 0.5) is 0 Å². The Balaban J connectivity index is 1.39. The summed E-state index contributed by atoms with van der Waals surface area (Å²) in [5, 5.41) is 11.0. The van der Waals surface area contributed by atoms with Crippen LogP contribution < -0.4 is 4.74 Å². The summed E-state index contributed by atoms with van der Waals surface area (Å²) in [5.41, 5.74) is 2.56. The van der Waals surface area contributed by atoms with Crippen LogP contribution in [0.2, 0.25) is 0 Å². The molecule has 4 rings (SSSR count). The van der Waals surface area contributed by atoms with Crippen molar-refractivity contribution in [2.45, 2.75) is 36.0 Å². The SMILES string of the molecule is COc1ccccc1[CH2][In]1[CH]=CC(C(=O)N2CCC(O)(Cc3ccccc3)CC2)=[C]1C. The number of amides is 1. The number of benzene rings is 2. The van der Waals surface area contributed by atoms with Crippen molar-refractivity contribution in [1.82, 2.24) is 4.90 Å². The van der Waals surface area contributed by atoms with Crippen molar-refractivity contribution in [2.75, 3.05) is 20.2 Å². The number of piperidine rings is 1. The van der Waals surface area contributed by atoms with Crippen LogP contribution in [0.1, 0.15) is 30.9 Å². The van der Waals surface area contributed by atoms with Gasteiger partial charge in [0.05, 0.1) is 0 Å². The van der Waals surface area contributed by atoms with E-state index in [9.17, 15) is 9.90 Å². The number of carbonyl (C=O) groups is 1. The first-order valence-corrected chi connectivity index (χ1v) is 16.9. The quantitative estimate of drug-likeness (QED) is 0.632. The third-order valence-electron chi connectivity index (χ3n) is 6.70. The van der Waals surface area contributed by atoms with Gasteiger partial charge in [0.2, 0.25) is 0 Å². The van der Waals surface area contributed by atoms with Crippen LogP contribution in [0, 0.1) is 0 Å². The summed E-state index contributed by atoms with van der Waals surface area (Å²) in [5.74, 6) is 1.07. The Morgan fingerprint density at radius 2 is 1.77 bits per heavy atom. The molecule has 0 radical (unpaired) electrons. The van der Waals surface area contributed by atoms with Gasteiger partial charge in [-0.05, 0) is 0 Å². The van der Waals surface area contributed by atoms with E-state index in [1.165, 1.54) is 8.89 Å². The van der Waals surface area contributed by atoms with Gasteiger partial charge < -0.3 is 0 Å². The number of para-hydroxylation sites is 1. The Hall–Kier alpha value is -1.98. The Bertz CT molecular complexity index is 991. The summed E-state index contributed by atoms with van der Waals surface area (Å²) in [6.45, 7) is 3.37. The van der Waals surface area contributed by atoms with Crippen molar-refractivity contribution >= 4 is 27.3 Å². The Labute approximate surface area is 192 Å². The van der Waals surface area contributed by atoms with Gasteiger partial charge in [0.1, 0.15) is 0 Å². The average Bonchev–Trinajstić information content (AvgIpc) is 3.14. The molecule has 2 aliphatic heterocycles. The van der Waals surface area contributed by atoms with Crippen LogP contribution in [-0.4, -0.2) is 63.2 Å². The summed E-state index contributed by atoms with van der Waals surface area (Å²) < 4.78 is 10.2. The summed E-state index contributed by atoms with van der Waals surface area (Å²) in [7, 11) is 1.71. The number of rotatable bonds is 6. The molecule has 4 nitrogen and oxygen atoms in total. The maximum atomic E-state index is 13.2. The van der Waals surface area contributed by atoms with Crippen molar-refractivity contribution in [2.24, 2.45) is 0 Å². The number of nitrogens with zero attached hydrogens (tertiary/aromatic N) is 1. The zero-order valence-electron chi connectivity index (χ0n) is 18.4. The van der Waals surface area contributed by atoms with Crippen LogP contribution in [0.5, 0.6) is 5.75 Å². The minimum atomic E-state index is -2.17. The fraction of sp³-hybridized carbons (Fsp3) is 0.346. The molecule has 31 heavy (non-hydrogen) atoms. The number of methoxy groups -OCH3 is 1. The van der Waals surface area contributed by atoms with Crippen LogP contribution in [0.25, 0.3) is 0 Å². The molecule has 2 aliphatic rings. The van der Waals surface area contributed by atoms with Crippen molar-refractivity contribution in [1.29, 1.82) is 0 Å². The molecule has 0 bridgehead atoms. The van der Waals surface area contributed by atoms with Crippen LogP contribution in [0.15, 0.2) is 73.4 Å². The summed E-state index contributed by atoms with van der Waals surface area (Å²) in [6, 6.07) is 18.3. The number of allylic oxidation sites excluding steroid dienone is 1. The van der Waals surface area contributed by atoms with Crippen molar-refractivity contribution < 1.29 is 14.6 Å². The average molecular weight is 519 g/mol. The van der Waals surface area contributed by atoms with E-state index in [2.05, 4.69) is 41.1 Å². The number of hydrogen-bond donors (Lipinski definition) is 1. The molecule has 2 aromatic carbocycles. The topological polar surface area (TPSA) is 49.8 Å². The van der Waals surface area contributed by atoms with Gasteiger partial charge in [0.25, 0.3) is 0 Å². The summed E-state index contributed by atoms with van der Waals surface area (Å²) in [6.07, 6.45) is 3.96. The number of carbonyl (C=O) groups excluding carboxylic acids is 1. The van der Waals surface area contributed by atoms with E-state index in [4.69, 9.17) is 4.74 Å². The molecule has 0 saturated carbocycles. The normalized spacial score (nSPS) is 17.9. The third kappa shape index (κ3) is 5.09. The Kier molecular flexibility index (Phi) is 6.92. The standard InChI is InChI=1S/C18H21NO2.C8H9O.In/c1-3-16(4-2)17(20)19-12-10-18(21,11-13-19)14-15-8-6-5-7-9-15;1-7-5-3-4-6-8(7)9-2;/h1,3,5-9,21H,10-14H2,2H3;3-6H,1H2,2H3;. The first kappa shape index (κ1) is 22.2. The molecule has 1 N–H and O–H groups in total. The molecule has 0 atom stereocenters. The van der Waals surface area contributed by atoms with Gasteiger partial charge in [-0.15, -0.1) is 0 Å². The Morgan fingerprint density at radius 1 is 1.10 bits per heavy atom. The second kappa shape index (κ2) is 9.66. The fourth-order valence-electron chi connectivity index (χ4n) is 4.71. The number of ether oxygens (including phenoxy) is 1. The monoisotopic (exact) mass is 519 g/mol. The van der Waals surface area contributed by atoms with E-state index in [0.29, 0.717) is 32.4 Å². The van der Waals surface area contributed by atoms with E-state index in [1.54, 1.807) is 7.11 Å². The first-order chi connectivity index (χ1) is 15.0. The first-order valence-electron chi connectivity index (χ1n) is 11.1. The second-order valence-electron chi connectivity index (χ2n) is 8.76. The van der Waals surface area contributed by atoms with Crippen molar-refractivity contribution in [3.05, 3.63) is 84.5 Å². The van der Waals surface area contributed by atoms with Gasteiger partial charge in [-0.2, -0.15) is 0 Å². The van der Waals surface area contributed by atoms with Gasteiger partial charge >= 0.3 is 193 Å². The van der Waals surface area contributed by atoms with Gasteiger partial charge in [-0.25, -0.2) is 0 Å². The number of likely N-dealkylation sites (tertiary alicyclic amines) is 1. The van der Waals surface area contributed by atoms with Crippen LogP contribution in [0.3, 0.4) is 0 Å². The molecular weight excluding hydrogens is 489 g/mol. The molecular formula is C26H30InNO3. The predicted molar refractivity (Wildman–Crippen MR) is 125 cm³/mol. The maximum absolute atomic E-state index is 13.2. The fourth-order valence-corrected chi connectivity index (χ4v) is 12.1. The number of hydrogen-bond acceptors (Lipinski definition) is 3. The van der Waals surface area contributed by atoms with Crippen molar-refractivity contribution in [3.8, 4) is 5.75 Å². The molecule has 0 unspecified atom stereocenters. The molecule has 2 aromatic rings. The third-order valence-corrected chi connectivity index (χ3v) is 15.1. The van der Waals surface area contributed by atoms with Crippen molar-refractivity contribution in [3.63, 3.8) is 0 Å². The molecule has 0 aromatic heterocycles. The minimum absolute atomic E-state index is 0.134. The molecule has 160 valence electrons. The zero-order chi connectivity index (χ0) is 21.8. The molecule has 0 aliphatic carbocycles. The van der Waals surface area contributed by atoms with Crippen LogP contribution >= 0.6 is 0 Å². The summed E-state index contributed by atoms with van der Waals surface area (Å²) in [4.78, 5) is 15.2. The van der Waals surface area contributed by atoms with Gasteiger partial charge in [0, 0.05) is 0 Å². The Morgan fingerprint density at radius 3 is 2.48 bits per heavy atom. The molecule has 1 amide bonds. The molecule has 1 fully saturated rings. The van der Waals surface area contributed by atoms with E-state index < -0.39 is 27.0 Å². The molecule has 5 heteroatoms. The van der Waals surface area contributed by atoms with E-state index in [1.807, 2.05) is 35.2 Å².